The van der Waals surface area contributed by atoms with Crippen LogP contribution in [0, 0.1) is 0 Å². The number of allylic oxidation sites excluding steroid dienone is 2. The molecule has 0 saturated heterocycles. The lowest BCUT2D eigenvalue weighted by Gasteiger charge is -2.23. The second-order valence-electron chi connectivity index (χ2n) is 3.57. The van der Waals surface area contributed by atoms with E-state index in [4.69, 9.17) is 0 Å². The first-order chi connectivity index (χ1) is 5.38. The van der Waals surface area contributed by atoms with Gasteiger partial charge in [0.25, 0.3) is 0 Å². The minimum atomic E-state index is 0.450. The molecule has 2 aliphatic rings. The third-order valence-corrected chi connectivity index (χ3v) is 2.80. The second kappa shape index (κ2) is 2.80. The molecule has 0 bridgehead atoms. The fraction of sp³-hybridized carbons (Fsp3) is 0.700. The standard InChI is InChI=1S/C10H14O/c11-10-7-3-5-8-4-1-2-6-9(8)10/h1-7H2/i10+1. The van der Waals surface area contributed by atoms with Crippen LogP contribution in [0.1, 0.15) is 44.9 Å². The average molecular weight is 151 g/mol. The molecule has 0 atom stereocenters. The van der Waals surface area contributed by atoms with Crippen LogP contribution in [-0.2, 0) is 4.79 Å². The van der Waals surface area contributed by atoms with Gasteiger partial charge in [0, 0.05) is 6.42 Å². The topological polar surface area (TPSA) is 17.1 Å². The minimum absolute atomic E-state index is 0.450. The monoisotopic (exact) mass is 151 g/mol. The lowest BCUT2D eigenvalue weighted by atomic mass is 9.88. The number of Topliss-reactive ketones (excluding diaryl/α,β-unsaturated/α-hetero) is 1. The molecule has 0 aromatic heterocycles. The van der Waals surface area contributed by atoms with Gasteiger partial charge in [0.2, 0.25) is 0 Å². The van der Waals surface area contributed by atoms with Crippen molar-refractivity contribution in [2.24, 2.45) is 0 Å². The van der Waals surface area contributed by atoms with Crippen molar-refractivity contribution < 1.29 is 4.79 Å². The lowest BCUT2D eigenvalue weighted by Crippen LogP contribution is -2.14. The molecule has 0 spiro atoms. The Labute approximate surface area is 67.5 Å². The third-order valence-electron chi connectivity index (χ3n) is 2.80. The Morgan fingerprint density at radius 3 is 2.36 bits per heavy atom. The molecule has 0 aromatic rings. The summed E-state index contributed by atoms with van der Waals surface area (Å²) in [6.45, 7) is 0. The third kappa shape index (κ3) is 1.24. The van der Waals surface area contributed by atoms with Crippen LogP contribution in [0.15, 0.2) is 11.1 Å². The van der Waals surface area contributed by atoms with Crippen LogP contribution in [0.4, 0.5) is 0 Å². The summed E-state index contributed by atoms with van der Waals surface area (Å²) in [4.78, 5) is 11.4. The summed E-state index contributed by atoms with van der Waals surface area (Å²) >= 11 is 0. The van der Waals surface area contributed by atoms with E-state index in [1.807, 2.05) is 0 Å². The van der Waals surface area contributed by atoms with E-state index in [-0.39, 0.29) is 0 Å². The van der Waals surface area contributed by atoms with E-state index in [2.05, 4.69) is 0 Å². The van der Waals surface area contributed by atoms with Crippen molar-refractivity contribution >= 4 is 5.78 Å². The summed E-state index contributed by atoms with van der Waals surface area (Å²) in [6, 6.07) is 0. The Bertz CT molecular complexity index is 209. The summed E-state index contributed by atoms with van der Waals surface area (Å²) in [5.74, 6) is 0.450. The highest BCUT2D eigenvalue weighted by atomic mass is 16.2. The maximum Gasteiger partial charge on any atom is 0.158 e. The SMILES string of the molecule is O=[13C]1CCCC2=C1CCCC2. The first-order valence-electron chi connectivity index (χ1n) is 4.62. The average Bonchev–Trinajstić information content (AvgIpc) is 2.06. The Kier molecular flexibility index (Phi) is 1.80. The number of rotatable bonds is 0. The molecule has 0 N–H and O–H groups in total. The summed E-state index contributed by atoms with van der Waals surface area (Å²) in [5.41, 5.74) is 2.70. The van der Waals surface area contributed by atoms with Crippen molar-refractivity contribution in [3.05, 3.63) is 11.1 Å². The Balaban J connectivity index is 2.27. The number of carbonyl (C=O) groups is 1. The van der Waals surface area contributed by atoms with Crippen molar-refractivity contribution in [2.75, 3.05) is 0 Å². The van der Waals surface area contributed by atoms with E-state index in [1.165, 1.54) is 36.8 Å². The fourth-order valence-electron chi connectivity index (χ4n) is 2.19. The van der Waals surface area contributed by atoms with Crippen LogP contribution in [0.3, 0.4) is 0 Å². The highest BCUT2D eigenvalue weighted by Crippen LogP contribution is 2.33. The van der Waals surface area contributed by atoms with Crippen LogP contribution >= 0.6 is 0 Å². The number of carbonyl (C=O) groups excluding carboxylic acids is 1. The zero-order valence-electron chi connectivity index (χ0n) is 6.86. The number of ketones is 1. The molecule has 2 aliphatic carbocycles. The highest BCUT2D eigenvalue weighted by Gasteiger charge is 2.21. The zero-order valence-corrected chi connectivity index (χ0v) is 6.86. The van der Waals surface area contributed by atoms with Gasteiger partial charge in [-0.3, -0.25) is 4.79 Å². The molecule has 0 amide bonds. The molecule has 0 aromatic carbocycles. The molecule has 0 radical (unpaired) electrons. The molecule has 11 heavy (non-hydrogen) atoms. The first-order valence-corrected chi connectivity index (χ1v) is 4.62. The number of hydrogen-bond acceptors (Lipinski definition) is 1. The van der Waals surface area contributed by atoms with Crippen LogP contribution in [0.2, 0.25) is 0 Å². The minimum Gasteiger partial charge on any atom is -0.295 e. The summed E-state index contributed by atoms with van der Waals surface area (Å²) in [7, 11) is 0. The normalized spacial score (nSPS) is 25.3. The molecule has 1 nitrogen and oxygen atoms in total. The predicted octanol–water partition coefficient (Wildman–Crippen LogP) is 2.61. The van der Waals surface area contributed by atoms with Crippen LogP contribution in [-0.4, -0.2) is 5.78 Å². The molecule has 0 saturated carbocycles. The maximum absolute atomic E-state index is 11.4. The van der Waals surface area contributed by atoms with E-state index in [0.717, 1.165) is 19.3 Å². The molecular formula is C10H14O. The summed E-state index contributed by atoms with van der Waals surface area (Å²) in [6.07, 6.45) is 7.98. The fourth-order valence-corrected chi connectivity index (χ4v) is 2.19. The van der Waals surface area contributed by atoms with Gasteiger partial charge < -0.3 is 0 Å². The highest BCUT2D eigenvalue weighted by molar-refractivity contribution is 5.97. The first kappa shape index (κ1) is 7.08. The maximum atomic E-state index is 11.4. The smallest absolute Gasteiger partial charge is 0.158 e. The van der Waals surface area contributed by atoms with Gasteiger partial charge in [0.1, 0.15) is 0 Å². The van der Waals surface area contributed by atoms with Gasteiger partial charge >= 0.3 is 0 Å². The number of hydrogen-bond donors (Lipinski definition) is 0. The van der Waals surface area contributed by atoms with Crippen molar-refractivity contribution in [3.8, 4) is 0 Å². The Morgan fingerprint density at radius 1 is 0.818 bits per heavy atom. The predicted molar refractivity (Wildman–Crippen MR) is 44.4 cm³/mol. The zero-order chi connectivity index (χ0) is 7.68. The van der Waals surface area contributed by atoms with Gasteiger partial charge in [-0.05, 0) is 44.1 Å². The van der Waals surface area contributed by atoms with Gasteiger partial charge in [-0.2, -0.15) is 0 Å². The largest absolute Gasteiger partial charge is 0.295 e. The summed E-state index contributed by atoms with van der Waals surface area (Å²) in [5, 5.41) is 0. The van der Waals surface area contributed by atoms with Crippen LogP contribution in [0.5, 0.6) is 0 Å². The molecular weight excluding hydrogens is 137 g/mol. The second-order valence-corrected chi connectivity index (χ2v) is 3.57. The quantitative estimate of drug-likeness (QED) is 0.486. The van der Waals surface area contributed by atoms with Gasteiger partial charge in [0.05, 0.1) is 0 Å². The molecule has 2 rings (SSSR count). The van der Waals surface area contributed by atoms with Crippen LogP contribution in [0.25, 0.3) is 0 Å². The summed E-state index contributed by atoms with van der Waals surface area (Å²) < 4.78 is 0. The Hall–Kier alpha value is -0.590. The van der Waals surface area contributed by atoms with Gasteiger partial charge in [-0.15, -0.1) is 0 Å². The van der Waals surface area contributed by atoms with E-state index in [0.29, 0.717) is 5.78 Å². The van der Waals surface area contributed by atoms with E-state index >= 15 is 0 Å². The molecule has 1 heteroatoms. The van der Waals surface area contributed by atoms with Crippen molar-refractivity contribution in [2.45, 2.75) is 44.9 Å². The van der Waals surface area contributed by atoms with Crippen molar-refractivity contribution in [3.63, 3.8) is 0 Å². The van der Waals surface area contributed by atoms with Crippen LogP contribution < -0.4 is 0 Å². The van der Waals surface area contributed by atoms with Crippen molar-refractivity contribution in [1.29, 1.82) is 0 Å². The van der Waals surface area contributed by atoms with E-state index in [1.54, 1.807) is 0 Å². The van der Waals surface area contributed by atoms with Gasteiger partial charge in [0.15, 0.2) is 5.78 Å². The molecule has 0 heterocycles. The Morgan fingerprint density at radius 2 is 1.55 bits per heavy atom. The molecule has 0 unspecified atom stereocenters. The van der Waals surface area contributed by atoms with Crippen molar-refractivity contribution in [1.82, 2.24) is 0 Å². The molecule has 0 aliphatic heterocycles. The van der Waals surface area contributed by atoms with Gasteiger partial charge in [-0.1, -0.05) is 5.57 Å². The molecule has 0 fully saturated rings. The lowest BCUT2D eigenvalue weighted by molar-refractivity contribution is -0.116. The van der Waals surface area contributed by atoms with E-state index < -0.39 is 0 Å². The molecule has 60 valence electrons. The van der Waals surface area contributed by atoms with Gasteiger partial charge in [-0.25, -0.2) is 0 Å². The van der Waals surface area contributed by atoms with E-state index in [9.17, 15) is 4.79 Å².